The fourth-order valence-electron chi connectivity index (χ4n) is 1.52. The van der Waals surface area contributed by atoms with Crippen molar-refractivity contribution in [1.82, 2.24) is 5.43 Å². The number of carbonyl (C=O) groups is 1. The molecular weight excluding hydrogens is 220 g/mol. The molecule has 1 aliphatic carbocycles. The highest BCUT2D eigenvalue weighted by Gasteiger charge is 2.24. The SMILES string of the molecule is C/C(=N\NC(=O)c1cc(O)cc(O)c1)C1CC1. The summed E-state index contributed by atoms with van der Waals surface area (Å²) in [7, 11) is 0. The first kappa shape index (κ1) is 11.4. The van der Waals surface area contributed by atoms with Gasteiger partial charge in [-0.3, -0.25) is 4.79 Å². The van der Waals surface area contributed by atoms with Gasteiger partial charge >= 0.3 is 0 Å². The number of phenolic OH excluding ortho intramolecular Hbond substituents is 2. The van der Waals surface area contributed by atoms with Crippen molar-refractivity contribution in [3.63, 3.8) is 0 Å². The predicted octanol–water partition coefficient (Wildman–Crippen LogP) is 1.61. The van der Waals surface area contributed by atoms with E-state index < -0.39 is 5.91 Å². The Labute approximate surface area is 98.8 Å². The maximum absolute atomic E-state index is 11.7. The van der Waals surface area contributed by atoms with Gasteiger partial charge in [0.1, 0.15) is 11.5 Å². The molecule has 1 amide bonds. The average Bonchev–Trinajstić information content (AvgIpc) is 3.07. The van der Waals surface area contributed by atoms with E-state index in [4.69, 9.17) is 0 Å². The van der Waals surface area contributed by atoms with Crippen molar-refractivity contribution >= 4 is 11.6 Å². The molecule has 2 rings (SSSR count). The van der Waals surface area contributed by atoms with Crippen LogP contribution in [0, 0.1) is 5.92 Å². The smallest absolute Gasteiger partial charge is 0.271 e. The molecule has 1 aromatic carbocycles. The fraction of sp³-hybridized carbons (Fsp3) is 0.333. The monoisotopic (exact) mass is 234 g/mol. The summed E-state index contributed by atoms with van der Waals surface area (Å²) >= 11 is 0. The van der Waals surface area contributed by atoms with Gasteiger partial charge in [-0.1, -0.05) is 0 Å². The molecule has 0 atom stereocenters. The normalized spacial score (nSPS) is 15.7. The molecule has 3 N–H and O–H groups in total. The number of hydrogen-bond acceptors (Lipinski definition) is 4. The Kier molecular flexibility index (Phi) is 2.99. The lowest BCUT2D eigenvalue weighted by molar-refractivity contribution is 0.0954. The van der Waals surface area contributed by atoms with E-state index in [9.17, 15) is 15.0 Å². The van der Waals surface area contributed by atoms with Gasteiger partial charge < -0.3 is 10.2 Å². The van der Waals surface area contributed by atoms with Crippen LogP contribution in [-0.2, 0) is 0 Å². The van der Waals surface area contributed by atoms with Crippen LogP contribution in [-0.4, -0.2) is 21.8 Å². The number of carbonyl (C=O) groups excluding carboxylic acids is 1. The Morgan fingerprint density at radius 3 is 2.41 bits per heavy atom. The average molecular weight is 234 g/mol. The van der Waals surface area contributed by atoms with Crippen LogP contribution >= 0.6 is 0 Å². The number of nitrogens with one attached hydrogen (secondary N) is 1. The maximum atomic E-state index is 11.7. The van der Waals surface area contributed by atoms with Crippen LogP contribution in [0.5, 0.6) is 11.5 Å². The topological polar surface area (TPSA) is 81.9 Å². The van der Waals surface area contributed by atoms with Crippen molar-refractivity contribution in [3.05, 3.63) is 23.8 Å². The van der Waals surface area contributed by atoms with Crippen LogP contribution in [0.2, 0.25) is 0 Å². The molecule has 1 aliphatic rings. The number of rotatable bonds is 3. The highest BCUT2D eigenvalue weighted by Crippen LogP contribution is 2.30. The molecule has 0 heterocycles. The number of hydrogen-bond donors (Lipinski definition) is 3. The number of nitrogens with zero attached hydrogens (tertiary/aromatic N) is 1. The van der Waals surface area contributed by atoms with Crippen molar-refractivity contribution < 1.29 is 15.0 Å². The van der Waals surface area contributed by atoms with Gasteiger partial charge in [-0.05, 0) is 37.8 Å². The van der Waals surface area contributed by atoms with E-state index in [1.807, 2.05) is 6.92 Å². The maximum Gasteiger partial charge on any atom is 0.271 e. The van der Waals surface area contributed by atoms with Crippen LogP contribution in [0.4, 0.5) is 0 Å². The minimum Gasteiger partial charge on any atom is -0.508 e. The van der Waals surface area contributed by atoms with E-state index in [0.717, 1.165) is 24.6 Å². The van der Waals surface area contributed by atoms with Crippen LogP contribution in [0.1, 0.15) is 30.1 Å². The van der Waals surface area contributed by atoms with E-state index in [2.05, 4.69) is 10.5 Å². The van der Waals surface area contributed by atoms with E-state index >= 15 is 0 Å². The lowest BCUT2D eigenvalue weighted by Gasteiger charge is -2.03. The highest BCUT2D eigenvalue weighted by atomic mass is 16.3. The molecule has 5 heteroatoms. The zero-order valence-electron chi connectivity index (χ0n) is 9.47. The van der Waals surface area contributed by atoms with Crippen molar-refractivity contribution in [2.45, 2.75) is 19.8 Å². The fourth-order valence-corrected chi connectivity index (χ4v) is 1.52. The van der Waals surface area contributed by atoms with Gasteiger partial charge in [0, 0.05) is 17.3 Å². The Hall–Kier alpha value is -2.04. The third-order valence-electron chi connectivity index (χ3n) is 2.67. The molecule has 0 spiro atoms. The Morgan fingerprint density at radius 2 is 1.88 bits per heavy atom. The zero-order chi connectivity index (χ0) is 12.4. The summed E-state index contributed by atoms with van der Waals surface area (Å²) in [5.41, 5.74) is 3.48. The van der Waals surface area contributed by atoms with Crippen LogP contribution in [0.25, 0.3) is 0 Å². The van der Waals surface area contributed by atoms with Gasteiger partial charge in [0.15, 0.2) is 0 Å². The minimum atomic E-state index is -0.448. The van der Waals surface area contributed by atoms with Gasteiger partial charge in [0.2, 0.25) is 0 Å². The highest BCUT2D eigenvalue weighted by molar-refractivity contribution is 5.96. The zero-order valence-corrected chi connectivity index (χ0v) is 9.47. The first-order valence-electron chi connectivity index (χ1n) is 5.44. The second-order valence-electron chi connectivity index (χ2n) is 4.21. The molecule has 0 unspecified atom stereocenters. The lowest BCUT2D eigenvalue weighted by Crippen LogP contribution is -2.19. The minimum absolute atomic E-state index is 0.155. The van der Waals surface area contributed by atoms with E-state index in [1.54, 1.807) is 0 Å². The van der Waals surface area contributed by atoms with Crippen molar-refractivity contribution in [2.75, 3.05) is 0 Å². The molecule has 0 aliphatic heterocycles. The summed E-state index contributed by atoms with van der Waals surface area (Å²) in [6.45, 7) is 1.87. The summed E-state index contributed by atoms with van der Waals surface area (Å²) in [6, 6.07) is 3.71. The summed E-state index contributed by atoms with van der Waals surface area (Å²) in [5.74, 6) is -0.264. The third kappa shape index (κ3) is 2.96. The molecule has 5 nitrogen and oxygen atoms in total. The van der Waals surface area contributed by atoms with Gasteiger partial charge in [0.25, 0.3) is 5.91 Å². The third-order valence-corrected chi connectivity index (χ3v) is 2.67. The molecule has 1 saturated carbocycles. The second kappa shape index (κ2) is 4.45. The molecule has 0 bridgehead atoms. The molecule has 90 valence electrons. The molecule has 1 fully saturated rings. The Morgan fingerprint density at radius 1 is 1.29 bits per heavy atom. The van der Waals surface area contributed by atoms with Crippen molar-refractivity contribution in [3.8, 4) is 11.5 Å². The number of benzene rings is 1. The van der Waals surface area contributed by atoms with Gasteiger partial charge in [-0.2, -0.15) is 5.10 Å². The van der Waals surface area contributed by atoms with Crippen LogP contribution in [0.3, 0.4) is 0 Å². The van der Waals surface area contributed by atoms with E-state index in [0.29, 0.717) is 5.92 Å². The number of aromatic hydroxyl groups is 2. The Balaban J connectivity index is 2.06. The first-order valence-corrected chi connectivity index (χ1v) is 5.44. The van der Waals surface area contributed by atoms with Crippen LogP contribution < -0.4 is 5.43 Å². The standard InChI is InChI=1S/C12H14N2O3/c1-7(8-2-3-8)13-14-12(17)9-4-10(15)6-11(16)5-9/h4-6,8,15-16H,2-3H2,1H3,(H,14,17)/b13-7+. The molecular formula is C12H14N2O3. The second-order valence-corrected chi connectivity index (χ2v) is 4.21. The number of amides is 1. The molecule has 17 heavy (non-hydrogen) atoms. The lowest BCUT2D eigenvalue weighted by atomic mass is 10.2. The molecule has 0 aromatic heterocycles. The summed E-state index contributed by atoms with van der Waals surface area (Å²) in [6.07, 6.45) is 2.25. The Bertz CT molecular complexity index is 458. The van der Waals surface area contributed by atoms with E-state index in [1.165, 1.54) is 12.1 Å². The number of phenols is 2. The van der Waals surface area contributed by atoms with Gasteiger partial charge in [0.05, 0.1) is 0 Å². The van der Waals surface area contributed by atoms with Crippen molar-refractivity contribution in [2.24, 2.45) is 11.0 Å². The molecule has 0 saturated heterocycles. The van der Waals surface area contributed by atoms with Gasteiger partial charge in [-0.25, -0.2) is 5.43 Å². The quantitative estimate of drug-likeness (QED) is 0.549. The molecule has 1 aromatic rings. The van der Waals surface area contributed by atoms with Crippen LogP contribution in [0.15, 0.2) is 23.3 Å². The summed E-state index contributed by atoms with van der Waals surface area (Å²) in [5, 5.41) is 22.5. The van der Waals surface area contributed by atoms with E-state index in [-0.39, 0.29) is 17.1 Å². The van der Waals surface area contributed by atoms with Crippen molar-refractivity contribution in [1.29, 1.82) is 0 Å². The van der Waals surface area contributed by atoms with Gasteiger partial charge in [-0.15, -0.1) is 0 Å². The first-order chi connectivity index (χ1) is 8.06. The predicted molar refractivity (Wildman–Crippen MR) is 63.1 cm³/mol. The molecule has 0 radical (unpaired) electrons. The summed E-state index contributed by atoms with van der Waals surface area (Å²) in [4.78, 5) is 11.7. The summed E-state index contributed by atoms with van der Waals surface area (Å²) < 4.78 is 0. The number of hydrazone groups is 1. The largest absolute Gasteiger partial charge is 0.508 e.